The standard InChI is InChI=1S/C14H20ClN3S/c1-4-17(5-2)9-10(3)18-12-8-6-7-11(15)13(12)16-14(18)19/h6-8,10H,4-5,9H2,1-3H3,(H,16,19). The Kier molecular flexibility index (Phi) is 4.66. The SMILES string of the molecule is CCN(CC)CC(C)n1c(=S)[nH]c2c(Cl)cccc21. The summed E-state index contributed by atoms with van der Waals surface area (Å²) in [6.45, 7) is 9.65. The third-order valence-electron chi connectivity index (χ3n) is 3.56. The second kappa shape index (κ2) is 6.07. The summed E-state index contributed by atoms with van der Waals surface area (Å²) in [6.07, 6.45) is 0. The minimum atomic E-state index is 0.319. The van der Waals surface area contributed by atoms with Gasteiger partial charge in [-0.1, -0.05) is 31.5 Å². The van der Waals surface area contributed by atoms with Crippen LogP contribution in [-0.2, 0) is 0 Å². The maximum absolute atomic E-state index is 6.21. The highest BCUT2D eigenvalue weighted by Gasteiger charge is 2.14. The van der Waals surface area contributed by atoms with E-state index in [4.69, 9.17) is 23.8 Å². The molecule has 0 fully saturated rings. The Labute approximate surface area is 124 Å². The van der Waals surface area contributed by atoms with E-state index in [2.05, 4.69) is 41.3 Å². The molecule has 0 aliphatic rings. The molecular weight excluding hydrogens is 278 g/mol. The molecule has 0 bridgehead atoms. The lowest BCUT2D eigenvalue weighted by Crippen LogP contribution is -2.29. The zero-order valence-corrected chi connectivity index (χ0v) is 13.2. The van der Waals surface area contributed by atoms with Gasteiger partial charge < -0.3 is 14.5 Å². The van der Waals surface area contributed by atoms with E-state index in [1.807, 2.05) is 12.1 Å². The van der Waals surface area contributed by atoms with Gasteiger partial charge in [-0.25, -0.2) is 0 Å². The smallest absolute Gasteiger partial charge is 0.178 e. The first-order valence-electron chi connectivity index (χ1n) is 6.69. The van der Waals surface area contributed by atoms with Gasteiger partial charge in [0.15, 0.2) is 4.77 Å². The molecule has 0 saturated carbocycles. The minimum absolute atomic E-state index is 0.319. The average Bonchev–Trinajstić information content (AvgIpc) is 2.73. The lowest BCUT2D eigenvalue weighted by atomic mass is 10.2. The number of rotatable bonds is 5. The lowest BCUT2D eigenvalue weighted by molar-refractivity contribution is 0.262. The third-order valence-corrected chi connectivity index (χ3v) is 4.17. The topological polar surface area (TPSA) is 24.0 Å². The quantitative estimate of drug-likeness (QED) is 0.834. The van der Waals surface area contributed by atoms with Crippen LogP contribution in [0, 0.1) is 4.77 Å². The molecule has 1 unspecified atom stereocenters. The summed E-state index contributed by atoms with van der Waals surface area (Å²) in [5, 5.41) is 0.720. The summed E-state index contributed by atoms with van der Waals surface area (Å²) in [6, 6.07) is 6.23. The molecule has 0 amide bonds. The van der Waals surface area contributed by atoms with Gasteiger partial charge in [-0.2, -0.15) is 0 Å². The maximum Gasteiger partial charge on any atom is 0.178 e. The predicted octanol–water partition coefficient (Wildman–Crippen LogP) is 4.26. The van der Waals surface area contributed by atoms with E-state index in [-0.39, 0.29) is 0 Å². The van der Waals surface area contributed by atoms with Crippen LogP contribution in [0.2, 0.25) is 5.02 Å². The fraction of sp³-hybridized carbons (Fsp3) is 0.500. The number of likely N-dealkylation sites (N-methyl/N-ethyl adjacent to an activating group) is 1. The number of aromatic nitrogens is 2. The van der Waals surface area contributed by atoms with E-state index in [0.29, 0.717) is 6.04 Å². The fourth-order valence-electron chi connectivity index (χ4n) is 2.49. The van der Waals surface area contributed by atoms with Crippen molar-refractivity contribution in [3.05, 3.63) is 28.0 Å². The summed E-state index contributed by atoms with van der Waals surface area (Å²) in [5.74, 6) is 0. The number of fused-ring (bicyclic) bond motifs is 1. The Balaban J connectivity index is 2.42. The van der Waals surface area contributed by atoms with Gasteiger partial charge >= 0.3 is 0 Å². The van der Waals surface area contributed by atoms with E-state index in [1.165, 1.54) is 0 Å². The van der Waals surface area contributed by atoms with Crippen molar-refractivity contribution in [2.45, 2.75) is 26.8 Å². The highest BCUT2D eigenvalue weighted by molar-refractivity contribution is 7.71. The Morgan fingerprint density at radius 3 is 2.68 bits per heavy atom. The molecule has 0 saturated heterocycles. The van der Waals surface area contributed by atoms with Gasteiger partial charge in [0.25, 0.3) is 0 Å². The van der Waals surface area contributed by atoms with Crippen LogP contribution >= 0.6 is 23.8 Å². The summed E-state index contributed by atoms with van der Waals surface area (Å²) < 4.78 is 2.90. The highest BCUT2D eigenvalue weighted by Crippen LogP contribution is 2.25. The van der Waals surface area contributed by atoms with Crippen LogP contribution in [0.15, 0.2) is 18.2 Å². The maximum atomic E-state index is 6.21. The molecular formula is C14H20ClN3S. The molecule has 1 N–H and O–H groups in total. The second-order valence-electron chi connectivity index (χ2n) is 4.77. The van der Waals surface area contributed by atoms with Crippen molar-refractivity contribution in [1.29, 1.82) is 0 Å². The number of imidazole rings is 1. The molecule has 1 aromatic carbocycles. The van der Waals surface area contributed by atoms with Crippen LogP contribution in [-0.4, -0.2) is 34.1 Å². The van der Waals surface area contributed by atoms with Crippen LogP contribution in [0.4, 0.5) is 0 Å². The molecule has 1 aromatic heterocycles. The van der Waals surface area contributed by atoms with Crippen molar-refractivity contribution in [3.63, 3.8) is 0 Å². The molecule has 1 atom stereocenters. The van der Waals surface area contributed by atoms with Crippen LogP contribution in [0.25, 0.3) is 11.0 Å². The molecule has 19 heavy (non-hydrogen) atoms. The number of halogens is 1. The Morgan fingerprint density at radius 2 is 2.05 bits per heavy atom. The van der Waals surface area contributed by atoms with Crippen LogP contribution in [0.3, 0.4) is 0 Å². The molecule has 104 valence electrons. The van der Waals surface area contributed by atoms with Crippen molar-refractivity contribution in [3.8, 4) is 0 Å². The molecule has 3 nitrogen and oxygen atoms in total. The Hall–Kier alpha value is -0.840. The first-order chi connectivity index (χ1) is 9.08. The van der Waals surface area contributed by atoms with Gasteiger partial charge in [0.1, 0.15) is 0 Å². The Bertz CT molecular complexity index is 613. The van der Waals surface area contributed by atoms with Crippen LogP contribution in [0.1, 0.15) is 26.8 Å². The zero-order chi connectivity index (χ0) is 14.0. The number of hydrogen-bond donors (Lipinski definition) is 1. The lowest BCUT2D eigenvalue weighted by Gasteiger charge is -2.24. The minimum Gasteiger partial charge on any atom is -0.329 e. The van der Waals surface area contributed by atoms with Crippen LogP contribution in [0.5, 0.6) is 0 Å². The van der Waals surface area contributed by atoms with Crippen molar-refractivity contribution in [2.24, 2.45) is 0 Å². The largest absolute Gasteiger partial charge is 0.329 e. The van der Waals surface area contributed by atoms with Crippen molar-refractivity contribution in [2.75, 3.05) is 19.6 Å². The molecule has 0 aliphatic carbocycles. The zero-order valence-electron chi connectivity index (χ0n) is 11.6. The number of nitrogens with one attached hydrogen (secondary N) is 1. The highest BCUT2D eigenvalue weighted by atomic mass is 35.5. The molecule has 0 spiro atoms. The fourth-order valence-corrected chi connectivity index (χ4v) is 3.09. The number of benzene rings is 1. The molecule has 1 heterocycles. The Morgan fingerprint density at radius 1 is 1.37 bits per heavy atom. The molecule has 0 radical (unpaired) electrons. The normalized spacial score (nSPS) is 13.3. The monoisotopic (exact) mass is 297 g/mol. The number of para-hydroxylation sites is 1. The first-order valence-corrected chi connectivity index (χ1v) is 7.48. The van der Waals surface area contributed by atoms with E-state index in [1.54, 1.807) is 0 Å². The number of H-pyrrole nitrogens is 1. The van der Waals surface area contributed by atoms with E-state index in [0.717, 1.165) is 40.5 Å². The summed E-state index contributed by atoms with van der Waals surface area (Å²) in [5.41, 5.74) is 2.01. The van der Waals surface area contributed by atoms with E-state index >= 15 is 0 Å². The van der Waals surface area contributed by atoms with Crippen molar-refractivity contribution < 1.29 is 0 Å². The first kappa shape index (κ1) is 14.6. The summed E-state index contributed by atoms with van der Waals surface area (Å²) in [4.78, 5) is 5.61. The van der Waals surface area contributed by atoms with Gasteiger partial charge in [0.2, 0.25) is 0 Å². The second-order valence-corrected chi connectivity index (χ2v) is 5.56. The molecule has 0 aliphatic heterocycles. The third kappa shape index (κ3) is 2.86. The average molecular weight is 298 g/mol. The van der Waals surface area contributed by atoms with Crippen molar-refractivity contribution in [1.82, 2.24) is 14.5 Å². The van der Waals surface area contributed by atoms with Gasteiger partial charge in [-0.3, -0.25) is 0 Å². The number of hydrogen-bond acceptors (Lipinski definition) is 2. The molecule has 5 heteroatoms. The predicted molar refractivity (Wildman–Crippen MR) is 84.6 cm³/mol. The summed E-state index contributed by atoms with van der Waals surface area (Å²) in [7, 11) is 0. The summed E-state index contributed by atoms with van der Waals surface area (Å²) >= 11 is 11.7. The van der Waals surface area contributed by atoms with Gasteiger partial charge in [0, 0.05) is 12.6 Å². The van der Waals surface area contributed by atoms with E-state index in [9.17, 15) is 0 Å². The molecule has 2 aromatic rings. The molecule has 2 rings (SSSR count). The van der Waals surface area contributed by atoms with Gasteiger partial charge in [-0.05, 0) is 44.4 Å². The van der Waals surface area contributed by atoms with E-state index < -0.39 is 0 Å². The van der Waals surface area contributed by atoms with Gasteiger partial charge in [0.05, 0.1) is 16.1 Å². The van der Waals surface area contributed by atoms with Gasteiger partial charge in [-0.15, -0.1) is 0 Å². The number of aromatic amines is 1. The van der Waals surface area contributed by atoms with Crippen LogP contribution < -0.4 is 0 Å². The number of nitrogens with zero attached hydrogens (tertiary/aromatic N) is 2. The van der Waals surface area contributed by atoms with Crippen molar-refractivity contribution >= 4 is 34.9 Å².